The van der Waals surface area contributed by atoms with Crippen molar-refractivity contribution in [2.45, 2.75) is 290 Å². The van der Waals surface area contributed by atoms with Gasteiger partial charge in [-0.1, -0.05) is 252 Å². The van der Waals surface area contributed by atoms with Crippen LogP contribution in [0.25, 0.3) is 0 Å². The summed E-state index contributed by atoms with van der Waals surface area (Å²) in [6, 6.07) is 0. The molecule has 0 heterocycles. The molecule has 0 unspecified atom stereocenters. The molecule has 0 rings (SSSR count). The minimum atomic E-state index is -0.905. The largest absolute Gasteiger partial charge is 3.00 e. The standard InChI is InChI=1S/3C16H32O2.La/c3*1-2-3-4-5-6-7-8-9-10-11-12-13-14-15-16(17)18;/h3*2-15H2,1H3,(H,17,18);/q;;;+3/p-3. The van der Waals surface area contributed by atoms with Crippen LogP contribution in [0.15, 0.2) is 0 Å². The molecule has 0 saturated heterocycles. The van der Waals surface area contributed by atoms with E-state index >= 15 is 0 Å². The number of aliphatic carboxylic acids is 3. The first-order chi connectivity index (χ1) is 26.3. The van der Waals surface area contributed by atoms with Crippen molar-refractivity contribution < 1.29 is 65.3 Å². The van der Waals surface area contributed by atoms with Crippen LogP contribution in [-0.4, -0.2) is 17.9 Å². The number of hydrogen-bond donors (Lipinski definition) is 0. The smallest absolute Gasteiger partial charge is 0.550 e. The van der Waals surface area contributed by atoms with Crippen LogP contribution >= 0.6 is 0 Å². The summed E-state index contributed by atoms with van der Waals surface area (Å²) in [4.78, 5) is 30.6. The van der Waals surface area contributed by atoms with Gasteiger partial charge < -0.3 is 29.7 Å². The summed E-state index contributed by atoms with van der Waals surface area (Å²) in [7, 11) is 0. The molecule has 0 aromatic heterocycles. The quantitative estimate of drug-likeness (QED) is 0.0563. The summed E-state index contributed by atoms with van der Waals surface area (Å²) < 4.78 is 0. The maximum Gasteiger partial charge on any atom is 3.00 e. The van der Waals surface area contributed by atoms with E-state index in [4.69, 9.17) is 0 Å². The van der Waals surface area contributed by atoms with E-state index in [0.29, 0.717) is 0 Å². The van der Waals surface area contributed by atoms with Crippen molar-refractivity contribution in [3.05, 3.63) is 0 Å². The fourth-order valence-electron chi connectivity index (χ4n) is 6.86. The van der Waals surface area contributed by atoms with Crippen LogP contribution in [-0.2, 0) is 14.4 Å². The molecular formula is C48H93LaO6. The van der Waals surface area contributed by atoms with E-state index in [1.165, 1.54) is 212 Å². The third-order valence-corrected chi connectivity index (χ3v) is 10.5. The number of rotatable bonds is 42. The first kappa shape index (κ1) is 61.3. The third-order valence-electron chi connectivity index (χ3n) is 10.5. The number of hydrogen-bond acceptors (Lipinski definition) is 6. The van der Waals surface area contributed by atoms with Gasteiger partial charge in [-0.15, -0.1) is 0 Å². The molecule has 324 valence electrons. The van der Waals surface area contributed by atoms with Crippen molar-refractivity contribution in [1.82, 2.24) is 0 Å². The van der Waals surface area contributed by atoms with E-state index in [9.17, 15) is 29.7 Å². The Labute approximate surface area is 371 Å². The Morgan fingerprint density at radius 2 is 0.345 bits per heavy atom. The second kappa shape index (κ2) is 57.9. The second-order valence-electron chi connectivity index (χ2n) is 16.1. The molecule has 0 N–H and O–H groups in total. The average molecular weight is 905 g/mol. The molecule has 0 aliphatic heterocycles. The zero-order valence-corrected chi connectivity index (χ0v) is 40.9. The molecule has 7 heteroatoms. The summed E-state index contributed by atoms with van der Waals surface area (Å²) in [6.45, 7) is 6.77. The Morgan fingerprint density at radius 3 is 0.455 bits per heavy atom. The van der Waals surface area contributed by atoms with Crippen LogP contribution in [0.4, 0.5) is 0 Å². The van der Waals surface area contributed by atoms with Crippen LogP contribution in [0.5, 0.6) is 0 Å². The van der Waals surface area contributed by atoms with E-state index in [1.807, 2.05) is 0 Å². The van der Waals surface area contributed by atoms with E-state index in [2.05, 4.69) is 20.8 Å². The number of carboxylic acid groups (broad SMARTS) is 3. The zero-order chi connectivity index (χ0) is 40.4. The van der Waals surface area contributed by atoms with Crippen LogP contribution in [0, 0.1) is 35.6 Å². The van der Waals surface area contributed by atoms with Gasteiger partial charge in [-0.3, -0.25) is 0 Å². The Morgan fingerprint density at radius 1 is 0.236 bits per heavy atom. The molecule has 0 aromatic carbocycles. The van der Waals surface area contributed by atoms with E-state index in [-0.39, 0.29) is 54.9 Å². The van der Waals surface area contributed by atoms with Gasteiger partial charge in [0.15, 0.2) is 0 Å². The number of carbonyl (C=O) groups is 3. The van der Waals surface area contributed by atoms with Gasteiger partial charge in [0, 0.05) is 17.9 Å². The predicted molar refractivity (Wildman–Crippen MR) is 226 cm³/mol. The molecule has 0 spiro atoms. The monoisotopic (exact) mass is 905 g/mol. The topological polar surface area (TPSA) is 120 Å². The third kappa shape index (κ3) is 71.7. The summed E-state index contributed by atoms with van der Waals surface area (Å²) >= 11 is 0. The maximum atomic E-state index is 10.2. The Kier molecular flexibility index (Phi) is 64.5. The zero-order valence-electron chi connectivity index (χ0n) is 37.2. The summed E-state index contributed by atoms with van der Waals surface area (Å²) in [5, 5.41) is 30.6. The molecule has 0 aliphatic rings. The molecule has 0 aliphatic carbocycles. The van der Waals surface area contributed by atoms with Crippen LogP contribution in [0.3, 0.4) is 0 Å². The molecule has 0 amide bonds. The van der Waals surface area contributed by atoms with Crippen molar-refractivity contribution in [3.8, 4) is 0 Å². The fourth-order valence-corrected chi connectivity index (χ4v) is 6.86. The summed E-state index contributed by atoms with van der Waals surface area (Å²) in [5.41, 5.74) is 0. The normalized spacial score (nSPS) is 10.5. The molecule has 55 heavy (non-hydrogen) atoms. The van der Waals surface area contributed by atoms with E-state index in [1.54, 1.807) is 0 Å². The van der Waals surface area contributed by atoms with Gasteiger partial charge in [-0.2, -0.15) is 0 Å². The van der Waals surface area contributed by atoms with Gasteiger partial charge >= 0.3 is 35.6 Å². The van der Waals surface area contributed by atoms with Crippen molar-refractivity contribution in [2.75, 3.05) is 0 Å². The first-order valence-electron chi connectivity index (χ1n) is 23.9. The van der Waals surface area contributed by atoms with Crippen LogP contribution in [0.1, 0.15) is 290 Å². The molecular weight excluding hydrogens is 811 g/mol. The van der Waals surface area contributed by atoms with Crippen LogP contribution < -0.4 is 15.3 Å². The van der Waals surface area contributed by atoms with Crippen LogP contribution in [0.2, 0.25) is 0 Å². The maximum absolute atomic E-state index is 10.2. The number of carbonyl (C=O) groups excluding carboxylic acids is 3. The van der Waals surface area contributed by atoms with Gasteiger partial charge in [-0.25, -0.2) is 0 Å². The Hall–Kier alpha value is -0.395. The molecule has 0 radical (unpaired) electrons. The van der Waals surface area contributed by atoms with Crippen molar-refractivity contribution in [3.63, 3.8) is 0 Å². The second-order valence-corrected chi connectivity index (χ2v) is 16.1. The Bertz CT molecular complexity index is 636. The minimum absolute atomic E-state index is 0. The Balaban J connectivity index is -0.000000351. The predicted octanol–water partition coefficient (Wildman–Crippen LogP) is 12.7. The SMILES string of the molecule is CCCCCCCCCCCCCCCC(=O)[O-].CCCCCCCCCCCCCCCC(=O)[O-].CCCCCCCCCCCCCCCC(=O)[O-].[La+3]. The molecule has 0 aromatic rings. The van der Waals surface area contributed by atoms with E-state index in [0.717, 1.165) is 38.5 Å². The van der Waals surface area contributed by atoms with Crippen molar-refractivity contribution in [2.24, 2.45) is 0 Å². The molecule has 6 nitrogen and oxygen atoms in total. The van der Waals surface area contributed by atoms with Gasteiger partial charge in [0.05, 0.1) is 0 Å². The minimum Gasteiger partial charge on any atom is -0.550 e. The fraction of sp³-hybridized carbons (Fsp3) is 0.938. The van der Waals surface area contributed by atoms with E-state index < -0.39 is 17.9 Å². The van der Waals surface area contributed by atoms with Gasteiger partial charge in [-0.05, 0) is 38.5 Å². The molecule has 0 atom stereocenters. The molecule has 0 bridgehead atoms. The number of carboxylic acids is 3. The van der Waals surface area contributed by atoms with Gasteiger partial charge in [0.1, 0.15) is 0 Å². The first-order valence-corrected chi connectivity index (χ1v) is 23.9. The van der Waals surface area contributed by atoms with Gasteiger partial charge in [0.25, 0.3) is 0 Å². The summed E-state index contributed by atoms with van der Waals surface area (Å²) in [6.07, 6.45) is 50.8. The average Bonchev–Trinajstić information content (AvgIpc) is 3.14. The molecule has 0 fully saturated rings. The molecule has 0 saturated carbocycles. The van der Waals surface area contributed by atoms with Gasteiger partial charge in [0.2, 0.25) is 0 Å². The summed E-state index contributed by atoms with van der Waals surface area (Å²) in [5.74, 6) is -2.71. The van der Waals surface area contributed by atoms with Crippen molar-refractivity contribution in [1.29, 1.82) is 0 Å². The van der Waals surface area contributed by atoms with Crippen molar-refractivity contribution >= 4 is 17.9 Å². The number of unbranched alkanes of at least 4 members (excludes halogenated alkanes) is 36.